The van der Waals surface area contributed by atoms with E-state index in [-0.39, 0.29) is 0 Å². The first kappa shape index (κ1) is 12.4. The summed E-state index contributed by atoms with van der Waals surface area (Å²) in [5.41, 5.74) is 0.316. The van der Waals surface area contributed by atoms with E-state index in [1.165, 1.54) is 6.20 Å². The van der Waals surface area contributed by atoms with Crippen molar-refractivity contribution in [3.8, 4) is 6.07 Å². The van der Waals surface area contributed by atoms with Gasteiger partial charge in [0.1, 0.15) is 6.07 Å². The quantitative estimate of drug-likeness (QED) is 0.706. The molecule has 0 unspecified atom stereocenters. The van der Waals surface area contributed by atoms with Crippen molar-refractivity contribution in [2.45, 2.75) is 19.8 Å². The lowest BCUT2D eigenvalue weighted by molar-refractivity contribution is 0.141. The molecule has 1 rings (SSSR count). The van der Waals surface area contributed by atoms with Crippen molar-refractivity contribution in [2.75, 3.05) is 25.1 Å². The van der Waals surface area contributed by atoms with Crippen LogP contribution in [0.2, 0.25) is 0 Å². The number of rotatable bonds is 7. The van der Waals surface area contributed by atoms with Gasteiger partial charge in [-0.05, 0) is 6.42 Å². The second-order valence-electron chi connectivity index (χ2n) is 3.26. The minimum atomic E-state index is 0.316. The number of anilines is 1. The fourth-order valence-electron chi connectivity index (χ4n) is 1.14. The van der Waals surface area contributed by atoms with E-state index in [0.717, 1.165) is 19.4 Å². The second-order valence-corrected chi connectivity index (χ2v) is 3.26. The summed E-state index contributed by atoms with van der Waals surface area (Å²) in [6, 6.07) is 1.98. The van der Waals surface area contributed by atoms with Gasteiger partial charge in [0.2, 0.25) is 0 Å². The minimum Gasteiger partial charge on any atom is -0.380 e. The number of nitriles is 1. The molecule has 5 nitrogen and oxygen atoms in total. The molecule has 0 saturated carbocycles. The summed E-state index contributed by atoms with van der Waals surface area (Å²) in [7, 11) is 0. The topological polar surface area (TPSA) is 70.8 Å². The summed E-state index contributed by atoms with van der Waals surface area (Å²) in [6.45, 7) is 4.16. The van der Waals surface area contributed by atoms with Crippen LogP contribution in [0.4, 0.5) is 5.82 Å². The van der Waals surface area contributed by atoms with Crippen LogP contribution in [0, 0.1) is 11.3 Å². The molecule has 0 atom stereocenters. The van der Waals surface area contributed by atoms with Gasteiger partial charge in [-0.1, -0.05) is 13.3 Å². The van der Waals surface area contributed by atoms with Gasteiger partial charge in [0, 0.05) is 25.5 Å². The molecular weight excluding hydrogens is 204 g/mol. The zero-order chi connectivity index (χ0) is 11.6. The van der Waals surface area contributed by atoms with Crippen molar-refractivity contribution < 1.29 is 4.74 Å². The molecular formula is C11H16N4O. The Balaban J connectivity index is 2.24. The number of nitrogens with zero attached hydrogens (tertiary/aromatic N) is 3. The van der Waals surface area contributed by atoms with Gasteiger partial charge in [0.25, 0.3) is 0 Å². The largest absolute Gasteiger partial charge is 0.380 e. The van der Waals surface area contributed by atoms with Crippen LogP contribution in [0.25, 0.3) is 0 Å². The molecule has 1 N–H and O–H groups in total. The van der Waals surface area contributed by atoms with Crippen molar-refractivity contribution in [1.82, 2.24) is 9.97 Å². The maximum atomic E-state index is 8.77. The third-order valence-corrected chi connectivity index (χ3v) is 1.99. The Morgan fingerprint density at radius 3 is 2.94 bits per heavy atom. The van der Waals surface area contributed by atoms with Crippen LogP contribution in [-0.4, -0.2) is 29.7 Å². The van der Waals surface area contributed by atoms with Crippen molar-refractivity contribution in [3.05, 3.63) is 18.1 Å². The molecule has 0 aliphatic heterocycles. The van der Waals surface area contributed by atoms with Gasteiger partial charge < -0.3 is 10.1 Å². The van der Waals surface area contributed by atoms with E-state index < -0.39 is 0 Å². The van der Waals surface area contributed by atoms with Crippen LogP contribution >= 0.6 is 0 Å². The first-order chi connectivity index (χ1) is 7.88. The Kier molecular flexibility index (Phi) is 5.89. The molecule has 1 aromatic rings. The molecule has 0 aromatic carbocycles. The molecule has 0 amide bonds. The van der Waals surface area contributed by atoms with E-state index in [1.54, 1.807) is 6.20 Å². The van der Waals surface area contributed by atoms with Crippen molar-refractivity contribution in [1.29, 1.82) is 5.26 Å². The van der Waals surface area contributed by atoms with Gasteiger partial charge in [-0.2, -0.15) is 5.26 Å². The molecule has 0 bridgehead atoms. The molecule has 0 spiro atoms. The zero-order valence-corrected chi connectivity index (χ0v) is 9.44. The summed E-state index contributed by atoms with van der Waals surface area (Å²) in [5.74, 6) is 0.518. The molecule has 0 fully saturated rings. The molecule has 0 saturated heterocycles. The number of hydrogen-bond acceptors (Lipinski definition) is 5. The van der Waals surface area contributed by atoms with Crippen molar-refractivity contribution >= 4 is 5.82 Å². The van der Waals surface area contributed by atoms with Gasteiger partial charge in [-0.3, -0.25) is 0 Å². The van der Waals surface area contributed by atoms with E-state index in [9.17, 15) is 0 Å². The first-order valence-electron chi connectivity index (χ1n) is 5.41. The summed E-state index contributed by atoms with van der Waals surface area (Å²) < 4.78 is 5.38. The van der Waals surface area contributed by atoms with Crippen LogP contribution in [-0.2, 0) is 4.74 Å². The smallest absolute Gasteiger partial charge is 0.182 e. The van der Waals surface area contributed by atoms with E-state index in [1.807, 2.05) is 6.07 Å². The predicted octanol–water partition coefficient (Wildman–Crippen LogP) is 1.58. The average Bonchev–Trinajstić information content (AvgIpc) is 2.34. The second kappa shape index (κ2) is 7.60. The monoisotopic (exact) mass is 220 g/mol. The molecule has 0 aliphatic carbocycles. The van der Waals surface area contributed by atoms with Crippen LogP contribution < -0.4 is 5.32 Å². The molecule has 1 aromatic heterocycles. The standard InChI is InChI=1S/C11H16N4O/c1-2-3-7-16-8-6-15-11-10(9-12)13-4-5-14-11/h4-5H,2-3,6-8H2,1H3,(H,14,15). The lowest BCUT2D eigenvalue weighted by Crippen LogP contribution is -2.12. The van der Waals surface area contributed by atoms with E-state index in [4.69, 9.17) is 10.00 Å². The highest BCUT2D eigenvalue weighted by Gasteiger charge is 2.01. The van der Waals surface area contributed by atoms with Gasteiger partial charge in [0.05, 0.1) is 6.61 Å². The van der Waals surface area contributed by atoms with Crippen LogP contribution in [0.1, 0.15) is 25.5 Å². The lowest BCUT2D eigenvalue weighted by atomic mass is 10.4. The summed E-state index contributed by atoms with van der Waals surface area (Å²) in [4.78, 5) is 7.93. The molecule has 1 heterocycles. The number of unbranched alkanes of at least 4 members (excludes halogenated alkanes) is 1. The highest BCUT2D eigenvalue weighted by atomic mass is 16.5. The zero-order valence-electron chi connectivity index (χ0n) is 9.44. The average molecular weight is 220 g/mol. The Morgan fingerprint density at radius 2 is 2.19 bits per heavy atom. The Hall–Kier alpha value is -1.67. The fourth-order valence-corrected chi connectivity index (χ4v) is 1.14. The molecule has 0 radical (unpaired) electrons. The number of hydrogen-bond donors (Lipinski definition) is 1. The Bertz CT molecular complexity index is 348. The number of ether oxygens (including phenoxy) is 1. The predicted molar refractivity (Wildman–Crippen MR) is 61.0 cm³/mol. The van der Waals surface area contributed by atoms with Crippen molar-refractivity contribution in [3.63, 3.8) is 0 Å². The third kappa shape index (κ3) is 4.24. The lowest BCUT2D eigenvalue weighted by Gasteiger charge is -2.06. The van der Waals surface area contributed by atoms with Gasteiger partial charge in [0.15, 0.2) is 11.5 Å². The maximum Gasteiger partial charge on any atom is 0.182 e. The van der Waals surface area contributed by atoms with E-state index in [0.29, 0.717) is 24.7 Å². The molecule has 86 valence electrons. The summed E-state index contributed by atoms with van der Waals surface area (Å²) in [6.07, 6.45) is 5.27. The molecule has 0 aliphatic rings. The van der Waals surface area contributed by atoms with Crippen LogP contribution in [0.15, 0.2) is 12.4 Å². The van der Waals surface area contributed by atoms with Crippen LogP contribution in [0.5, 0.6) is 0 Å². The molecule has 5 heteroatoms. The number of nitrogens with one attached hydrogen (secondary N) is 1. The third-order valence-electron chi connectivity index (χ3n) is 1.99. The fraction of sp³-hybridized carbons (Fsp3) is 0.545. The SMILES string of the molecule is CCCCOCCNc1nccnc1C#N. The summed E-state index contributed by atoms with van der Waals surface area (Å²) >= 11 is 0. The Morgan fingerprint density at radius 1 is 1.38 bits per heavy atom. The van der Waals surface area contributed by atoms with E-state index >= 15 is 0 Å². The molecule has 16 heavy (non-hydrogen) atoms. The minimum absolute atomic E-state index is 0.316. The normalized spacial score (nSPS) is 9.75. The summed E-state index contributed by atoms with van der Waals surface area (Å²) in [5, 5.41) is 11.8. The Labute approximate surface area is 95.5 Å². The highest BCUT2D eigenvalue weighted by molar-refractivity contribution is 5.46. The van der Waals surface area contributed by atoms with E-state index in [2.05, 4.69) is 22.2 Å². The number of aromatic nitrogens is 2. The van der Waals surface area contributed by atoms with Gasteiger partial charge in [-0.25, -0.2) is 9.97 Å². The van der Waals surface area contributed by atoms with Crippen LogP contribution in [0.3, 0.4) is 0 Å². The van der Waals surface area contributed by atoms with Crippen molar-refractivity contribution in [2.24, 2.45) is 0 Å². The first-order valence-corrected chi connectivity index (χ1v) is 5.41. The maximum absolute atomic E-state index is 8.77. The van der Waals surface area contributed by atoms with Gasteiger partial charge >= 0.3 is 0 Å². The highest BCUT2D eigenvalue weighted by Crippen LogP contribution is 2.05. The van der Waals surface area contributed by atoms with Gasteiger partial charge in [-0.15, -0.1) is 0 Å².